The molecule has 0 bridgehead atoms. The first-order valence-corrected chi connectivity index (χ1v) is 7.22. The molecule has 110 valence electrons. The smallest absolute Gasteiger partial charge is 0.231 e. The first-order valence-electron chi connectivity index (χ1n) is 7.22. The molecule has 0 radical (unpaired) electrons. The maximum atomic E-state index is 5.53. The fourth-order valence-electron chi connectivity index (χ4n) is 2.66. The lowest BCUT2D eigenvalue weighted by atomic mass is 10.00. The van der Waals surface area contributed by atoms with E-state index in [1.54, 1.807) is 6.26 Å². The highest BCUT2D eigenvalue weighted by atomic mass is 16.5. The number of hydrogen-bond donors (Lipinski definition) is 1. The normalized spacial score (nSPS) is 14.4. The summed E-state index contributed by atoms with van der Waals surface area (Å²) >= 11 is 0. The van der Waals surface area contributed by atoms with Crippen LogP contribution in [0.3, 0.4) is 0 Å². The molecule has 0 fully saturated rings. The number of nitrogens with zero attached hydrogens (tertiary/aromatic N) is 2. The summed E-state index contributed by atoms with van der Waals surface area (Å²) in [7, 11) is 1.95. The van der Waals surface area contributed by atoms with Crippen LogP contribution in [-0.4, -0.2) is 23.2 Å². The Labute approximate surface area is 123 Å². The molecule has 2 heterocycles. The quantitative estimate of drug-likeness (QED) is 0.776. The van der Waals surface area contributed by atoms with Crippen LogP contribution in [0, 0.1) is 0 Å². The number of rotatable bonds is 5. The fraction of sp³-hybridized carbons (Fsp3) is 0.375. The molecule has 0 spiro atoms. The minimum absolute atomic E-state index is 0.166. The van der Waals surface area contributed by atoms with Gasteiger partial charge in [0.1, 0.15) is 11.8 Å². The Morgan fingerprint density at radius 3 is 2.86 bits per heavy atom. The molecule has 0 saturated heterocycles. The van der Waals surface area contributed by atoms with Crippen LogP contribution in [0.5, 0.6) is 0 Å². The Morgan fingerprint density at radius 2 is 2.10 bits per heavy atom. The second-order valence-electron chi connectivity index (χ2n) is 5.19. The standard InChI is InChI=1S/C16H19N3O2/c1-4-13(17-3)10(2)16-18-15(19-21-16)12-9-20-14-8-6-5-7-11(12)14/h5-10,13,17H,4H2,1-3H3. The average Bonchev–Trinajstić information content (AvgIpc) is 3.14. The summed E-state index contributed by atoms with van der Waals surface area (Å²) in [6.45, 7) is 4.23. The van der Waals surface area contributed by atoms with Gasteiger partial charge in [0.05, 0.1) is 11.5 Å². The summed E-state index contributed by atoms with van der Waals surface area (Å²) in [5, 5.41) is 8.38. The molecule has 2 atom stereocenters. The van der Waals surface area contributed by atoms with Gasteiger partial charge in [-0.05, 0) is 19.5 Å². The van der Waals surface area contributed by atoms with Crippen molar-refractivity contribution < 1.29 is 8.94 Å². The minimum Gasteiger partial charge on any atom is -0.464 e. The average molecular weight is 285 g/mol. The number of hydrogen-bond acceptors (Lipinski definition) is 5. The van der Waals surface area contributed by atoms with Crippen molar-refractivity contribution in [3.05, 3.63) is 36.4 Å². The first kappa shape index (κ1) is 13.8. The van der Waals surface area contributed by atoms with Crippen LogP contribution < -0.4 is 5.32 Å². The summed E-state index contributed by atoms with van der Waals surface area (Å²) in [5.41, 5.74) is 1.69. The van der Waals surface area contributed by atoms with E-state index in [0.29, 0.717) is 17.8 Å². The van der Waals surface area contributed by atoms with Crippen molar-refractivity contribution in [2.24, 2.45) is 0 Å². The highest BCUT2D eigenvalue weighted by Crippen LogP contribution is 2.30. The number of aromatic nitrogens is 2. The van der Waals surface area contributed by atoms with Gasteiger partial charge in [-0.2, -0.15) is 4.98 Å². The van der Waals surface area contributed by atoms with Gasteiger partial charge in [0.25, 0.3) is 0 Å². The molecule has 2 unspecified atom stereocenters. The zero-order valence-corrected chi connectivity index (χ0v) is 12.5. The van der Waals surface area contributed by atoms with Crippen molar-refractivity contribution in [1.82, 2.24) is 15.5 Å². The molecule has 0 saturated carbocycles. The van der Waals surface area contributed by atoms with E-state index in [1.807, 2.05) is 31.3 Å². The number of para-hydroxylation sites is 1. The lowest BCUT2D eigenvalue weighted by Crippen LogP contribution is -2.30. The van der Waals surface area contributed by atoms with E-state index in [1.165, 1.54) is 0 Å². The van der Waals surface area contributed by atoms with E-state index in [0.717, 1.165) is 23.0 Å². The van der Waals surface area contributed by atoms with Gasteiger partial charge in [0.2, 0.25) is 11.7 Å². The van der Waals surface area contributed by atoms with Crippen LogP contribution in [-0.2, 0) is 0 Å². The number of furan rings is 1. The summed E-state index contributed by atoms with van der Waals surface area (Å²) in [6, 6.07) is 8.16. The second-order valence-corrected chi connectivity index (χ2v) is 5.19. The number of nitrogens with one attached hydrogen (secondary N) is 1. The molecule has 0 aliphatic rings. The van der Waals surface area contributed by atoms with Crippen molar-refractivity contribution in [2.45, 2.75) is 32.2 Å². The molecular weight excluding hydrogens is 266 g/mol. The third-order valence-electron chi connectivity index (χ3n) is 3.97. The van der Waals surface area contributed by atoms with Crippen LogP contribution in [0.2, 0.25) is 0 Å². The van der Waals surface area contributed by atoms with Crippen LogP contribution in [0.4, 0.5) is 0 Å². The molecule has 2 aromatic heterocycles. The van der Waals surface area contributed by atoms with Gasteiger partial charge in [-0.25, -0.2) is 0 Å². The third kappa shape index (κ3) is 2.45. The zero-order valence-electron chi connectivity index (χ0n) is 12.5. The summed E-state index contributed by atoms with van der Waals surface area (Å²) in [6.07, 6.45) is 2.68. The Hall–Kier alpha value is -2.14. The molecule has 3 aromatic rings. The van der Waals surface area contributed by atoms with Crippen molar-refractivity contribution >= 4 is 11.0 Å². The van der Waals surface area contributed by atoms with E-state index >= 15 is 0 Å². The van der Waals surface area contributed by atoms with Crippen molar-refractivity contribution in [2.75, 3.05) is 7.05 Å². The molecule has 0 amide bonds. The van der Waals surface area contributed by atoms with Gasteiger partial charge in [-0.3, -0.25) is 0 Å². The van der Waals surface area contributed by atoms with Crippen molar-refractivity contribution in [1.29, 1.82) is 0 Å². The Morgan fingerprint density at radius 1 is 1.29 bits per heavy atom. The Bertz CT molecular complexity index is 728. The molecule has 0 aliphatic carbocycles. The predicted octanol–water partition coefficient (Wildman–Crippen LogP) is 3.58. The fourth-order valence-corrected chi connectivity index (χ4v) is 2.66. The monoisotopic (exact) mass is 285 g/mol. The van der Waals surface area contributed by atoms with Crippen molar-refractivity contribution in [3.63, 3.8) is 0 Å². The number of fused-ring (bicyclic) bond motifs is 1. The van der Waals surface area contributed by atoms with Gasteiger partial charge in [-0.1, -0.05) is 37.2 Å². The maximum absolute atomic E-state index is 5.53. The van der Waals surface area contributed by atoms with E-state index in [4.69, 9.17) is 8.94 Å². The highest BCUT2D eigenvalue weighted by Gasteiger charge is 2.23. The third-order valence-corrected chi connectivity index (χ3v) is 3.97. The van der Waals surface area contributed by atoms with E-state index in [-0.39, 0.29) is 5.92 Å². The largest absolute Gasteiger partial charge is 0.464 e. The van der Waals surface area contributed by atoms with Crippen molar-refractivity contribution in [3.8, 4) is 11.4 Å². The van der Waals surface area contributed by atoms with Gasteiger partial charge in [-0.15, -0.1) is 0 Å². The Kier molecular flexibility index (Phi) is 3.75. The van der Waals surface area contributed by atoms with E-state index in [9.17, 15) is 0 Å². The molecule has 1 aromatic carbocycles. The predicted molar refractivity (Wildman–Crippen MR) is 81.1 cm³/mol. The van der Waals surface area contributed by atoms with E-state index in [2.05, 4.69) is 29.3 Å². The van der Waals surface area contributed by atoms with Gasteiger partial charge >= 0.3 is 0 Å². The first-order chi connectivity index (χ1) is 10.2. The van der Waals surface area contributed by atoms with Gasteiger partial charge in [0, 0.05) is 11.4 Å². The van der Waals surface area contributed by atoms with Crippen LogP contribution in [0.25, 0.3) is 22.4 Å². The zero-order chi connectivity index (χ0) is 14.8. The number of benzene rings is 1. The molecule has 5 heteroatoms. The van der Waals surface area contributed by atoms with Crippen LogP contribution in [0.1, 0.15) is 32.1 Å². The molecule has 3 rings (SSSR count). The van der Waals surface area contributed by atoms with Gasteiger partial charge < -0.3 is 14.3 Å². The van der Waals surface area contributed by atoms with E-state index < -0.39 is 0 Å². The van der Waals surface area contributed by atoms with Gasteiger partial charge in [0.15, 0.2) is 0 Å². The molecule has 0 aliphatic heterocycles. The summed E-state index contributed by atoms with van der Waals surface area (Å²) < 4.78 is 11.0. The number of likely N-dealkylation sites (N-methyl/N-ethyl adjacent to an activating group) is 1. The maximum Gasteiger partial charge on any atom is 0.231 e. The molecule has 21 heavy (non-hydrogen) atoms. The summed E-state index contributed by atoms with van der Waals surface area (Å²) in [4.78, 5) is 4.54. The molecule has 5 nitrogen and oxygen atoms in total. The second kappa shape index (κ2) is 5.69. The lowest BCUT2D eigenvalue weighted by molar-refractivity contribution is 0.326. The molecular formula is C16H19N3O2. The highest BCUT2D eigenvalue weighted by molar-refractivity contribution is 5.91. The Balaban J connectivity index is 1.95. The van der Waals surface area contributed by atoms with Crippen LogP contribution in [0.15, 0.2) is 39.5 Å². The lowest BCUT2D eigenvalue weighted by Gasteiger charge is -2.18. The van der Waals surface area contributed by atoms with Crippen LogP contribution >= 0.6 is 0 Å². The topological polar surface area (TPSA) is 64.1 Å². The summed E-state index contributed by atoms with van der Waals surface area (Å²) in [5.74, 6) is 1.39. The molecule has 1 N–H and O–H groups in total. The minimum atomic E-state index is 0.166. The SMILES string of the molecule is CCC(NC)C(C)c1nc(-c2coc3ccccc23)no1.